The highest BCUT2D eigenvalue weighted by molar-refractivity contribution is 7.99. The van der Waals surface area contributed by atoms with Gasteiger partial charge in [-0.2, -0.15) is 0 Å². The Kier molecular flexibility index (Phi) is 6.60. The third kappa shape index (κ3) is 4.55. The topological polar surface area (TPSA) is 55.4 Å². The van der Waals surface area contributed by atoms with Crippen molar-refractivity contribution in [2.75, 3.05) is 17.7 Å². The minimum atomic E-state index is -0.338. The van der Waals surface area contributed by atoms with Crippen LogP contribution < -0.4 is 5.32 Å². The number of hydrogen-bond acceptors (Lipinski definition) is 5. The second kappa shape index (κ2) is 8.93. The molecular weight excluding hydrogens is 378 g/mol. The van der Waals surface area contributed by atoms with Crippen LogP contribution in [0.3, 0.4) is 0 Å². The molecule has 1 N–H and O–H groups in total. The zero-order valence-electron chi connectivity index (χ0n) is 16.0. The van der Waals surface area contributed by atoms with Crippen LogP contribution in [-0.4, -0.2) is 24.2 Å². The Morgan fingerprint density at radius 1 is 1.33 bits per heavy atom. The van der Waals surface area contributed by atoms with Gasteiger partial charge in [-0.15, -0.1) is 23.1 Å². The number of carbonyl (C=O) groups is 2. The fourth-order valence-electron chi connectivity index (χ4n) is 3.33. The number of rotatable bonds is 6. The minimum Gasteiger partial charge on any atom is -0.462 e. The van der Waals surface area contributed by atoms with Crippen LogP contribution in [-0.2, 0) is 17.6 Å². The summed E-state index contributed by atoms with van der Waals surface area (Å²) in [6.45, 7) is 6.43. The average molecular weight is 404 g/mol. The van der Waals surface area contributed by atoms with Crippen LogP contribution in [0.4, 0.5) is 5.00 Å². The molecule has 0 bridgehead atoms. The molecule has 1 heterocycles. The number of carbonyl (C=O) groups excluding carboxylic acids is 2. The number of esters is 1. The van der Waals surface area contributed by atoms with Gasteiger partial charge >= 0.3 is 5.97 Å². The normalized spacial score (nSPS) is 15.9. The lowest BCUT2D eigenvalue weighted by Gasteiger charge is -2.18. The van der Waals surface area contributed by atoms with Crippen LogP contribution >= 0.6 is 23.1 Å². The largest absolute Gasteiger partial charge is 0.462 e. The summed E-state index contributed by atoms with van der Waals surface area (Å²) < 4.78 is 5.27. The Morgan fingerprint density at radius 2 is 2.15 bits per heavy atom. The van der Waals surface area contributed by atoms with Gasteiger partial charge in [0, 0.05) is 15.3 Å². The Hall–Kier alpha value is -1.79. The lowest BCUT2D eigenvalue weighted by atomic mass is 9.88. The van der Waals surface area contributed by atoms with Crippen molar-refractivity contribution >= 4 is 40.0 Å². The number of thioether (sulfide) groups is 1. The molecule has 1 amide bonds. The van der Waals surface area contributed by atoms with E-state index in [0.717, 1.165) is 35.5 Å². The highest BCUT2D eigenvalue weighted by Gasteiger charge is 2.29. The quantitative estimate of drug-likeness (QED) is 0.517. The number of hydrogen-bond donors (Lipinski definition) is 1. The molecule has 0 fully saturated rings. The molecule has 0 unspecified atom stereocenters. The summed E-state index contributed by atoms with van der Waals surface area (Å²) >= 11 is 3.22. The van der Waals surface area contributed by atoms with Crippen LogP contribution in [0.25, 0.3) is 0 Å². The van der Waals surface area contributed by atoms with Crippen LogP contribution in [0.2, 0.25) is 0 Å². The SMILES string of the molecule is CCOC(=O)c1c(NC(=O)c2cccc(SCC)c2)sc2c1CC[C@H](C)C2. The lowest BCUT2D eigenvalue weighted by molar-refractivity contribution is 0.0526. The first-order valence-corrected chi connectivity index (χ1v) is 11.2. The molecule has 6 heteroatoms. The molecule has 1 aromatic heterocycles. The van der Waals surface area contributed by atoms with Gasteiger partial charge in [0.25, 0.3) is 5.91 Å². The van der Waals surface area contributed by atoms with Gasteiger partial charge in [0.2, 0.25) is 0 Å². The number of ether oxygens (including phenoxy) is 1. The fraction of sp³-hybridized carbons (Fsp3) is 0.429. The Morgan fingerprint density at radius 3 is 2.89 bits per heavy atom. The van der Waals surface area contributed by atoms with E-state index in [4.69, 9.17) is 4.74 Å². The minimum absolute atomic E-state index is 0.189. The van der Waals surface area contributed by atoms with Gasteiger partial charge in [0.1, 0.15) is 5.00 Å². The first kappa shape index (κ1) is 20.0. The zero-order chi connectivity index (χ0) is 19.4. The number of anilines is 1. The molecule has 0 saturated heterocycles. The molecule has 1 aliphatic carbocycles. The Bertz CT molecular complexity index is 844. The highest BCUT2D eigenvalue weighted by atomic mass is 32.2. The number of fused-ring (bicyclic) bond motifs is 1. The van der Waals surface area contributed by atoms with Crippen molar-refractivity contribution in [3.8, 4) is 0 Å². The summed E-state index contributed by atoms with van der Waals surface area (Å²) in [6, 6.07) is 7.58. The third-order valence-corrected chi connectivity index (χ3v) is 6.67. The van der Waals surface area contributed by atoms with E-state index < -0.39 is 0 Å². The molecule has 0 aliphatic heterocycles. The standard InChI is InChI=1S/C21H25NO3S2/c1-4-25-21(24)18-16-10-9-13(3)11-17(16)27-20(18)22-19(23)14-7-6-8-15(12-14)26-5-2/h6-8,12-13H,4-5,9-11H2,1-3H3,(H,22,23)/t13-/m0/s1. The molecule has 27 heavy (non-hydrogen) atoms. The zero-order valence-corrected chi connectivity index (χ0v) is 17.6. The van der Waals surface area contributed by atoms with Crippen LogP contribution in [0, 0.1) is 5.92 Å². The number of nitrogens with one attached hydrogen (secondary N) is 1. The first-order valence-electron chi connectivity index (χ1n) is 9.39. The van der Waals surface area contributed by atoms with Gasteiger partial charge in [-0.1, -0.05) is 19.9 Å². The van der Waals surface area contributed by atoms with E-state index in [1.165, 1.54) is 16.2 Å². The van der Waals surface area contributed by atoms with E-state index in [1.54, 1.807) is 24.8 Å². The maximum atomic E-state index is 12.8. The van der Waals surface area contributed by atoms with E-state index in [1.807, 2.05) is 18.2 Å². The second-order valence-corrected chi connectivity index (χ2v) is 9.13. The van der Waals surface area contributed by atoms with Gasteiger partial charge in [-0.05, 0) is 61.6 Å². The average Bonchev–Trinajstić information content (AvgIpc) is 2.99. The van der Waals surface area contributed by atoms with Crippen LogP contribution in [0.1, 0.15) is 58.3 Å². The van der Waals surface area contributed by atoms with Crippen molar-refractivity contribution in [3.05, 3.63) is 45.8 Å². The number of benzene rings is 1. The van der Waals surface area contributed by atoms with Crippen molar-refractivity contribution < 1.29 is 14.3 Å². The third-order valence-electron chi connectivity index (χ3n) is 4.63. The molecule has 4 nitrogen and oxygen atoms in total. The monoisotopic (exact) mass is 403 g/mol. The summed E-state index contributed by atoms with van der Waals surface area (Å²) in [6.07, 6.45) is 2.87. The molecule has 144 valence electrons. The van der Waals surface area contributed by atoms with E-state index in [0.29, 0.717) is 28.7 Å². The maximum absolute atomic E-state index is 12.8. The predicted octanol–water partition coefficient (Wildman–Crippen LogP) is 5.41. The van der Waals surface area contributed by atoms with Gasteiger partial charge in [0.05, 0.1) is 12.2 Å². The molecule has 1 aromatic carbocycles. The van der Waals surface area contributed by atoms with E-state index in [2.05, 4.69) is 19.2 Å². The molecule has 1 atom stereocenters. The molecule has 0 saturated carbocycles. The first-order chi connectivity index (χ1) is 13.0. The molecular formula is C21H25NO3S2. The molecule has 2 aromatic rings. The highest BCUT2D eigenvalue weighted by Crippen LogP contribution is 2.40. The van der Waals surface area contributed by atoms with Crippen LogP contribution in [0.5, 0.6) is 0 Å². The van der Waals surface area contributed by atoms with Crippen molar-refractivity contribution in [1.82, 2.24) is 0 Å². The lowest BCUT2D eigenvalue weighted by Crippen LogP contribution is -2.16. The van der Waals surface area contributed by atoms with Crippen molar-refractivity contribution in [3.63, 3.8) is 0 Å². The van der Waals surface area contributed by atoms with Gasteiger partial charge in [-0.25, -0.2) is 4.79 Å². The summed E-state index contributed by atoms with van der Waals surface area (Å²) in [5, 5.41) is 3.59. The molecule has 1 aliphatic rings. The van der Waals surface area contributed by atoms with E-state index in [9.17, 15) is 9.59 Å². The fourth-order valence-corrected chi connectivity index (χ4v) is 5.44. The van der Waals surface area contributed by atoms with E-state index in [-0.39, 0.29) is 11.9 Å². The van der Waals surface area contributed by atoms with E-state index >= 15 is 0 Å². The van der Waals surface area contributed by atoms with Crippen molar-refractivity contribution in [2.24, 2.45) is 5.92 Å². The van der Waals surface area contributed by atoms with Crippen LogP contribution in [0.15, 0.2) is 29.2 Å². The van der Waals surface area contributed by atoms with Crippen molar-refractivity contribution in [2.45, 2.75) is 44.9 Å². The number of amides is 1. The smallest absolute Gasteiger partial charge is 0.341 e. The Labute approximate surface area is 168 Å². The van der Waals surface area contributed by atoms with Gasteiger partial charge in [0.15, 0.2) is 0 Å². The predicted molar refractivity (Wildman–Crippen MR) is 112 cm³/mol. The number of thiophene rings is 1. The maximum Gasteiger partial charge on any atom is 0.341 e. The molecule has 0 spiro atoms. The molecule has 3 rings (SSSR count). The Balaban J connectivity index is 1.90. The van der Waals surface area contributed by atoms with Gasteiger partial charge in [-0.3, -0.25) is 4.79 Å². The second-order valence-electron chi connectivity index (χ2n) is 6.69. The van der Waals surface area contributed by atoms with Crippen molar-refractivity contribution in [1.29, 1.82) is 0 Å². The summed E-state index contributed by atoms with van der Waals surface area (Å²) in [5.41, 5.74) is 2.21. The van der Waals surface area contributed by atoms with Gasteiger partial charge < -0.3 is 10.1 Å². The summed E-state index contributed by atoms with van der Waals surface area (Å²) in [4.78, 5) is 27.6. The summed E-state index contributed by atoms with van der Waals surface area (Å²) in [5.74, 6) is 1.02. The summed E-state index contributed by atoms with van der Waals surface area (Å²) in [7, 11) is 0. The molecule has 0 radical (unpaired) electrons.